The van der Waals surface area contributed by atoms with Crippen molar-refractivity contribution in [2.75, 3.05) is 0 Å². The van der Waals surface area contributed by atoms with E-state index in [4.69, 9.17) is 5.11 Å². The Balaban J connectivity index is 2.66. The fourth-order valence-electron chi connectivity index (χ4n) is 1.46. The van der Waals surface area contributed by atoms with Crippen LogP contribution in [0.5, 0.6) is 0 Å². The minimum Gasteiger partial charge on any atom is -0.481 e. The lowest BCUT2D eigenvalue weighted by atomic mass is 10.2. The summed E-state index contributed by atoms with van der Waals surface area (Å²) >= 11 is 0. The van der Waals surface area contributed by atoms with Gasteiger partial charge in [0.25, 0.3) is 5.91 Å². The van der Waals surface area contributed by atoms with Gasteiger partial charge in [-0.05, 0) is 19.9 Å². The fourth-order valence-corrected chi connectivity index (χ4v) is 1.46. The molecule has 0 aliphatic carbocycles. The van der Waals surface area contributed by atoms with Crippen LogP contribution in [0.1, 0.15) is 29.4 Å². The molecule has 1 aromatic rings. The number of aliphatic carboxylic acids is 1. The first kappa shape index (κ1) is 12.3. The number of aryl methyl sites for hydroxylation is 1. The largest absolute Gasteiger partial charge is 0.481 e. The van der Waals surface area contributed by atoms with E-state index in [1.54, 1.807) is 19.2 Å². The maximum atomic E-state index is 11.8. The molecule has 0 saturated carbocycles. The van der Waals surface area contributed by atoms with Crippen molar-refractivity contribution >= 4 is 11.9 Å². The number of aromatic nitrogens is 1. The number of hydrogen-bond donors (Lipinski definition) is 2. The van der Waals surface area contributed by atoms with E-state index in [2.05, 4.69) is 5.32 Å². The van der Waals surface area contributed by atoms with Gasteiger partial charge in [-0.1, -0.05) is 0 Å². The number of carbonyl (C=O) groups excluding carboxylic acids is 1. The molecule has 1 heterocycles. The lowest BCUT2D eigenvalue weighted by Crippen LogP contribution is -2.34. The summed E-state index contributed by atoms with van der Waals surface area (Å²) in [6.07, 6.45) is 1.73. The van der Waals surface area contributed by atoms with Crippen molar-refractivity contribution in [3.63, 3.8) is 0 Å². The molecule has 0 saturated heterocycles. The Morgan fingerprint density at radius 3 is 2.62 bits per heavy atom. The molecule has 5 heteroatoms. The lowest BCUT2D eigenvalue weighted by Gasteiger charge is -2.11. The molecule has 1 aromatic heterocycles. The van der Waals surface area contributed by atoms with E-state index in [1.807, 2.05) is 18.5 Å². The monoisotopic (exact) mass is 224 g/mol. The molecule has 16 heavy (non-hydrogen) atoms. The highest BCUT2D eigenvalue weighted by atomic mass is 16.4. The molecule has 1 rings (SSSR count). The number of rotatable bonds is 4. The van der Waals surface area contributed by atoms with E-state index in [0.717, 1.165) is 5.69 Å². The van der Waals surface area contributed by atoms with Crippen molar-refractivity contribution in [3.05, 3.63) is 23.5 Å². The number of nitrogens with zero attached hydrogens (tertiary/aromatic N) is 1. The van der Waals surface area contributed by atoms with E-state index in [0.29, 0.717) is 5.56 Å². The molecule has 0 aliphatic heterocycles. The first-order valence-corrected chi connectivity index (χ1v) is 5.06. The Morgan fingerprint density at radius 1 is 1.56 bits per heavy atom. The second-order valence-corrected chi connectivity index (χ2v) is 3.90. The van der Waals surface area contributed by atoms with Crippen LogP contribution in [-0.2, 0) is 11.8 Å². The number of carbonyl (C=O) groups is 2. The summed E-state index contributed by atoms with van der Waals surface area (Å²) in [7, 11) is 1.85. The molecule has 0 fully saturated rings. The number of carboxylic acids is 1. The smallest absolute Gasteiger partial charge is 0.305 e. The summed E-state index contributed by atoms with van der Waals surface area (Å²) in [6.45, 7) is 3.51. The number of carboxylic acid groups (broad SMARTS) is 1. The zero-order valence-electron chi connectivity index (χ0n) is 9.65. The van der Waals surface area contributed by atoms with Crippen molar-refractivity contribution in [3.8, 4) is 0 Å². The van der Waals surface area contributed by atoms with Gasteiger partial charge in [0.2, 0.25) is 0 Å². The molecule has 1 amide bonds. The predicted molar refractivity (Wildman–Crippen MR) is 59.3 cm³/mol. The van der Waals surface area contributed by atoms with Crippen LogP contribution in [0.3, 0.4) is 0 Å². The normalized spacial score (nSPS) is 12.2. The third kappa shape index (κ3) is 2.85. The summed E-state index contributed by atoms with van der Waals surface area (Å²) in [4.78, 5) is 22.2. The molecule has 0 bridgehead atoms. The first-order chi connectivity index (χ1) is 7.41. The highest BCUT2D eigenvalue weighted by Crippen LogP contribution is 2.08. The zero-order valence-corrected chi connectivity index (χ0v) is 9.65. The molecule has 2 N–H and O–H groups in total. The van der Waals surface area contributed by atoms with Crippen LogP contribution in [0, 0.1) is 6.92 Å². The van der Waals surface area contributed by atoms with Gasteiger partial charge in [-0.3, -0.25) is 9.59 Å². The molecule has 0 aliphatic rings. The Bertz CT molecular complexity index is 409. The topological polar surface area (TPSA) is 71.3 Å². The molecule has 88 valence electrons. The minimum atomic E-state index is -0.919. The average molecular weight is 224 g/mol. The van der Waals surface area contributed by atoms with Gasteiger partial charge in [0.1, 0.15) is 0 Å². The minimum absolute atomic E-state index is 0.0718. The summed E-state index contributed by atoms with van der Waals surface area (Å²) in [5.74, 6) is -1.15. The maximum absolute atomic E-state index is 11.8. The highest BCUT2D eigenvalue weighted by Gasteiger charge is 2.15. The van der Waals surface area contributed by atoms with Crippen LogP contribution in [0.25, 0.3) is 0 Å². The van der Waals surface area contributed by atoms with Crippen LogP contribution in [-0.4, -0.2) is 27.6 Å². The van der Waals surface area contributed by atoms with E-state index >= 15 is 0 Å². The summed E-state index contributed by atoms with van der Waals surface area (Å²) in [5, 5.41) is 11.2. The van der Waals surface area contributed by atoms with E-state index < -0.39 is 5.97 Å². The third-order valence-corrected chi connectivity index (χ3v) is 2.49. The quantitative estimate of drug-likeness (QED) is 0.799. The molecular formula is C11H16N2O3. The molecule has 0 aromatic carbocycles. The molecule has 0 radical (unpaired) electrons. The Hall–Kier alpha value is -1.78. The van der Waals surface area contributed by atoms with Crippen LogP contribution in [0.15, 0.2) is 12.3 Å². The molecular weight excluding hydrogens is 208 g/mol. The molecule has 1 unspecified atom stereocenters. The van der Waals surface area contributed by atoms with E-state index in [-0.39, 0.29) is 18.4 Å². The number of amides is 1. The highest BCUT2D eigenvalue weighted by molar-refractivity contribution is 5.95. The molecule has 0 spiro atoms. The molecule has 1 atom stereocenters. The second-order valence-electron chi connectivity index (χ2n) is 3.90. The van der Waals surface area contributed by atoms with Gasteiger partial charge < -0.3 is 15.0 Å². The van der Waals surface area contributed by atoms with Gasteiger partial charge in [-0.25, -0.2) is 0 Å². The van der Waals surface area contributed by atoms with Crippen LogP contribution in [0.2, 0.25) is 0 Å². The van der Waals surface area contributed by atoms with Crippen molar-refractivity contribution in [1.29, 1.82) is 0 Å². The Kier molecular flexibility index (Phi) is 3.71. The summed E-state index contributed by atoms with van der Waals surface area (Å²) in [5.41, 5.74) is 1.44. The Morgan fingerprint density at radius 2 is 2.19 bits per heavy atom. The van der Waals surface area contributed by atoms with Crippen LogP contribution < -0.4 is 5.32 Å². The van der Waals surface area contributed by atoms with Gasteiger partial charge in [0.05, 0.1) is 12.0 Å². The predicted octanol–water partition coefficient (Wildman–Crippen LogP) is 0.927. The van der Waals surface area contributed by atoms with Crippen molar-refractivity contribution in [1.82, 2.24) is 9.88 Å². The standard InChI is InChI=1S/C11H16N2O3/c1-7(6-10(14)15)12-11(16)9-4-5-13(3)8(9)2/h4-5,7H,6H2,1-3H3,(H,12,16)(H,14,15). The van der Waals surface area contributed by atoms with Crippen molar-refractivity contribution in [2.45, 2.75) is 26.3 Å². The van der Waals surface area contributed by atoms with Gasteiger partial charge in [-0.15, -0.1) is 0 Å². The van der Waals surface area contributed by atoms with Crippen LogP contribution in [0.4, 0.5) is 0 Å². The van der Waals surface area contributed by atoms with Crippen molar-refractivity contribution in [2.24, 2.45) is 7.05 Å². The fraction of sp³-hybridized carbons (Fsp3) is 0.455. The van der Waals surface area contributed by atoms with E-state index in [1.165, 1.54) is 0 Å². The maximum Gasteiger partial charge on any atom is 0.305 e. The summed E-state index contributed by atoms with van der Waals surface area (Å²) in [6, 6.07) is 1.35. The molecule has 5 nitrogen and oxygen atoms in total. The SMILES string of the molecule is Cc1c(C(=O)NC(C)CC(=O)O)ccn1C. The van der Waals surface area contributed by atoms with Crippen LogP contribution >= 0.6 is 0 Å². The average Bonchev–Trinajstić information content (AvgIpc) is 2.45. The van der Waals surface area contributed by atoms with Gasteiger partial charge >= 0.3 is 5.97 Å². The van der Waals surface area contributed by atoms with Crippen molar-refractivity contribution < 1.29 is 14.7 Å². The lowest BCUT2D eigenvalue weighted by molar-refractivity contribution is -0.137. The Labute approximate surface area is 94.1 Å². The van der Waals surface area contributed by atoms with Gasteiger partial charge in [-0.2, -0.15) is 0 Å². The number of nitrogens with one attached hydrogen (secondary N) is 1. The number of hydrogen-bond acceptors (Lipinski definition) is 2. The third-order valence-electron chi connectivity index (χ3n) is 2.49. The second kappa shape index (κ2) is 4.83. The van der Waals surface area contributed by atoms with E-state index in [9.17, 15) is 9.59 Å². The van der Waals surface area contributed by atoms with Gasteiger partial charge in [0.15, 0.2) is 0 Å². The first-order valence-electron chi connectivity index (χ1n) is 5.06. The van der Waals surface area contributed by atoms with Gasteiger partial charge in [0, 0.05) is 25.0 Å². The summed E-state index contributed by atoms with van der Waals surface area (Å²) < 4.78 is 1.84. The zero-order chi connectivity index (χ0) is 12.3.